The fraction of sp³-hybridized carbons (Fsp3) is 0.300. The van der Waals surface area contributed by atoms with Gasteiger partial charge in [-0.1, -0.05) is 12.2 Å². The number of aromatic nitrogens is 1. The first-order valence-corrected chi connectivity index (χ1v) is 5.04. The van der Waals surface area contributed by atoms with E-state index in [0.29, 0.717) is 11.4 Å². The molecule has 1 aromatic heterocycles. The van der Waals surface area contributed by atoms with Crippen LogP contribution < -0.4 is 5.73 Å². The summed E-state index contributed by atoms with van der Waals surface area (Å²) in [6, 6.07) is 1.83. The average Bonchev–Trinajstić information content (AvgIpc) is 2.21. The number of hydrogen-bond donors (Lipinski definition) is 3. The fourth-order valence-electron chi connectivity index (χ4n) is 1.05. The van der Waals surface area contributed by atoms with Crippen LogP contribution in [-0.4, -0.2) is 15.8 Å². The molecule has 0 aliphatic carbocycles. The molecule has 0 fully saturated rings. The Morgan fingerprint density at radius 1 is 1.57 bits per heavy atom. The van der Waals surface area contributed by atoms with E-state index in [1.54, 1.807) is 6.20 Å². The van der Waals surface area contributed by atoms with E-state index in [1.165, 1.54) is 0 Å². The number of pyridine rings is 1. The van der Waals surface area contributed by atoms with Crippen molar-refractivity contribution in [3.8, 4) is 0 Å². The zero-order valence-corrected chi connectivity index (χ0v) is 8.74. The highest BCUT2D eigenvalue weighted by molar-refractivity contribution is 7.80. The summed E-state index contributed by atoms with van der Waals surface area (Å²) in [4.78, 5) is 3.98. The van der Waals surface area contributed by atoms with Gasteiger partial charge in [-0.25, -0.2) is 4.98 Å². The molecule has 0 aromatic carbocycles. The maximum atomic E-state index is 8.96. The number of hydrogen-bond acceptors (Lipinski definition) is 4. The number of aliphatic hydroxyl groups is 1. The van der Waals surface area contributed by atoms with Crippen molar-refractivity contribution < 1.29 is 5.11 Å². The van der Waals surface area contributed by atoms with Crippen molar-refractivity contribution in [1.82, 2.24) is 4.98 Å². The lowest BCUT2D eigenvalue weighted by atomic mass is 10.2. The van der Waals surface area contributed by atoms with Gasteiger partial charge in [0.25, 0.3) is 0 Å². The van der Waals surface area contributed by atoms with Gasteiger partial charge in [0.1, 0.15) is 5.82 Å². The molecule has 1 aromatic rings. The summed E-state index contributed by atoms with van der Waals surface area (Å²) in [7, 11) is 0. The van der Waals surface area contributed by atoms with Gasteiger partial charge in [-0.15, -0.1) is 0 Å². The van der Waals surface area contributed by atoms with Crippen LogP contribution in [0.2, 0.25) is 0 Å². The van der Waals surface area contributed by atoms with E-state index in [0.717, 1.165) is 17.7 Å². The average molecular weight is 210 g/mol. The van der Waals surface area contributed by atoms with Crippen molar-refractivity contribution in [2.24, 2.45) is 0 Å². The van der Waals surface area contributed by atoms with Gasteiger partial charge < -0.3 is 10.8 Å². The minimum Gasteiger partial charge on any atom is -0.392 e. The van der Waals surface area contributed by atoms with Crippen molar-refractivity contribution in [2.45, 2.75) is 13.0 Å². The molecule has 0 bridgehead atoms. The van der Waals surface area contributed by atoms with Gasteiger partial charge in [-0.3, -0.25) is 0 Å². The smallest absolute Gasteiger partial charge is 0.128 e. The third kappa shape index (κ3) is 3.05. The number of allylic oxidation sites excluding steroid dienone is 1. The van der Waals surface area contributed by atoms with E-state index < -0.39 is 0 Å². The second-order valence-corrected chi connectivity index (χ2v) is 3.33. The molecular formula is C10H14N2OS. The highest BCUT2D eigenvalue weighted by atomic mass is 32.1. The summed E-state index contributed by atoms with van der Waals surface area (Å²) in [5, 5.41) is 8.96. The van der Waals surface area contributed by atoms with E-state index in [2.05, 4.69) is 17.6 Å². The molecule has 0 saturated carbocycles. The molecule has 0 amide bonds. The van der Waals surface area contributed by atoms with Crippen LogP contribution in [0, 0.1) is 0 Å². The molecule has 14 heavy (non-hydrogen) atoms. The summed E-state index contributed by atoms with van der Waals surface area (Å²) >= 11 is 4.10. The molecule has 3 N–H and O–H groups in total. The first kappa shape index (κ1) is 11.1. The van der Waals surface area contributed by atoms with E-state index in [9.17, 15) is 0 Å². The molecule has 1 rings (SSSR count). The van der Waals surface area contributed by atoms with Crippen LogP contribution in [0.3, 0.4) is 0 Å². The summed E-state index contributed by atoms with van der Waals surface area (Å²) < 4.78 is 0. The Balaban J connectivity index is 2.79. The highest BCUT2D eigenvalue weighted by Crippen LogP contribution is 2.12. The largest absolute Gasteiger partial charge is 0.392 e. The molecule has 0 radical (unpaired) electrons. The van der Waals surface area contributed by atoms with Crippen LogP contribution in [0.25, 0.3) is 6.08 Å². The van der Waals surface area contributed by atoms with Crippen molar-refractivity contribution in [3.63, 3.8) is 0 Å². The number of nitrogens with zero attached hydrogens (tertiary/aromatic N) is 1. The standard InChI is InChI=1S/C10H14N2OS/c11-10-9(7-13)5-8(6-12-10)3-1-2-4-14/h1,3,5-6,13-14H,2,4,7H2,(H2,11,12). The minimum atomic E-state index is -0.0763. The maximum absolute atomic E-state index is 8.96. The summed E-state index contributed by atoms with van der Waals surface area (Å²) in [6.07, 6.45) is 6.56. The molecule has 3 nitrogen and oxygen atoms in total. The Hall–Kier alpha value is -1.00. The molecule has 0 spiro atoms. The number of anilines is 1. The van der Waals surface area contributed by atoms with Crippen LogP contribution >= 0.6 is 12.6 Å². The van der Waals surface area contributed by atoms with Gasteiger partial charge in [0.15, 0.2) is 0 Å². The molecule has 0 saturated heterocycles. The zero-order valence-electron chi connectivity index (χ0n) is 7.85. The number of rotatable bonds is 4. The minimum absolute atomic E-state index is 0.0763. The van der Waals surface area contributed by atoms with Crippen LogP contribution in [0.4, 0.5) is 5.82 Å². The SMILES string of the molecule is Nc1ncc(C=CCCS)cc1CO. The van der Waals surface area contributed by atoms with E-state index in [4.69, 9.17) is 10.8 Å². The monoisotopic (exact) mass is 210 g/mol. The van der Waals surface area contributed by atoms with Crippen molar-refractivity contribution in [1.29, 1.82) is 0 Å². The summed E-state index contributed by atoms with van der Waals surface area (Å²) in [6.45, 7) is -0.0763. The second kappa shape index (κ2) is 5.67. The molecule has 0 aliphatic rings. The molecular weight excluding hydrogens is 196 g/mol. The third-order valence-electron chi connectivity index (χ3n) is 1.80. The van der Waals surface area contributed by atoms with Crippen LogP contribution in [0.1, 0.15) is 17.5 Å². The van der Waals surface area contributed by atoms with Crippen LogP contribution in [-0.2, 0) is 6.61 Å². The normalized spacial score (nSPS) is 11.0. The van der Waals surface area contributed by atoms with Gasteiger partial charge in [0, 0.05) is 11.8 Å². The third-order valence-corrected chi connectivity index (χ3v) is 2.06. The Kier molecular flexibility index (Phi) is 4.49. The molecule has 0 unspecified atom stereocenters. The Morgan fingerprint density at radius 3 is 3.00 bits per heavy atom. The molecule has 0 atom stereocenters. The molecule has 4 heteroatoms. The Bertz CT molecular complexity index is 326. The van der Waals surface area contributed by atoms with Gasteiger partial charge in [0.2, 0.25) is 0 Å². The predicted molar refractivity (Wildman–Crippen MR) is 62.1 cm³/mol. The van der Waals surface area contributed by atoms with Crippen LogP contribution in [0.5, 0.6) is 0 Å². The molecule has 76 valence electrons. The van der Waals surface area contributed by atoms with E-state index >= 15 is 0 Å². The number of thiol groups is 1. The zero-order chi connectivity index (χ0) is 10.4. The quantitative estimate of drug-likeness (QED) is 0.660. The Morgan fingerprint density at radius 2 is 2.36 bits per heavy atom. The van der Waals surface area contributed by atoms with Crippen LogP contribution in [0.15, 0.2) is 18.3 Å². The van der Waals surface area contributed by atoms with Gasteiger partial charge >= 0.3 is 0 Å². The molecule has 0 aliphatic heterocycles. The maximum Gasteiger partial charge on any atom is 0.128 e. The van der Waals surface area contributed by atoms with Crippen molar-refractivity contribution in [2.75, 3.05) is 11.5 Å². The second-order valence-electron chi connectivity index (χ2n) is 2.89. The van der Waals surface area contributed by atoms with Gasteiger partial charge in [0.05, 0.1) is 6.61 Å². The number of nitrogens with two attached hydrogens (primary N) is 1. The van der Waals surface area contributed by atoms with E-state index in [-0.39, 0.29) is 6.61 Å². The lowest BCUT2D eigenvalue weighted by Crippen LogP contribution is -1.97. The predicted octanol–water partition coefficient (Wildman–Crippen LogP) is 1.49. The summed E-state index contributed by atoms with van der Waals surface area (Å²) in [5.41, 5.74) is 7.16. The van der Waals surface area contributed by atoms with Crippen molar-refractivity contribution >= 4 is 24.5 Å². The fourth-order valence-corrected chi connectivity index (χ4v) is 1.20. The number of nitrogen functional groups attached to an aromatic ring is 1. The number of aliphatic hydroxyl groups excluding tert-OH is 1. The van der Waals surface area contributed by atoms with Gasteiger partial charge in [-0.05, 0) is 23.8 Å². The highest BCUT2D eigenvalue weighted by Gasteiger charge is 1.98. The first-order valence-electron chi connectivity index (χ1n) is 4.40. The van der Waals surface area contributed by atoms with Gasteiger partial charge in [-0.2, -0.15) is 12.6 Å². The van der Waals surface area contributed by atoms with E-state index in [1.807, 2.05) is 18.2 Å². The topological polar surface area (TPSA) is 59.1 Å². The summed E-state index contributed by atoms with van der Waals surface area (Å²) in [5.74, 6) is 1.21. The lowest BCUT2D eigenvalue weighted by molar-refractivity contribution is 0.282. The first-order chi connectivity index (χ1) is 6.77. The molecule has 1 heterocycles. The van der Waals surface area contributed by atoms with Crippen molar-refractivity contribution in [3.05, 3.63) is 29.5 Å². The lowest BCUT2D eigenvalue weighted by Gasteiger charge is -2.01. The Labute approximate surface area is 89.1 Å².